The fourth-order valence-electron chi connectivity index (χ4n) is 4.41. The Hall–Kier alpha value is -5.41. The normalized spacial score (nSPS) is 11.0. The van der Waals surface area contributed by atoms with Crippen molar-refractivity contribution in [1.82, 2.24) is 4.98 Å². The van der Waals surface area contributed by atoms with E-state index in [1.807, 2.05) is 26.8 Å². The van der Waals surface area contributed by atoms with Gasteiger partial charge in [-0.05, 0) is 69.3 Å². The largest absolute Gasteiger partial charge is 0.473 e. The summed E-state index contributed by atoms with van der Waals surface area (Å²) in [6, 6.07) is 16.6. The van der Waals surface area contributed by atoms with Crippen LogP contribution in [0.4, 0.5) is 24.5 Å². The van der Waals surface area contributed by atoms with Crippen LogP contribution in [0.3, 0.4) is 0 Å². The average molecular weight is 647 g/mol. The monoisotopic (exact) mass is 646 g/mol. The number of pyridine rings is 1. The number of carbonyl (C=O) groups is 2. The molecule has 4 rings (SSSR count). The van der Waals surface area contributed by atoms with E-state index in [-0.39, 0.29) is 51.6 Å². The van der Waals surface area contributed by atoms with Gasteiger partial charge in [-0.2, -0.15) is 5.26 Å². The lowest BCUT2D eigenvalue weighted by atomic mass is 10.0. The molecule has 0 aliphatic carbocycles. The standard InChI is InChI=1S/C35H33F3N4O5/c1-35(2,3)47-13-12-40-31-16-22(34(44)45-4)10-11-30(31)41-32(43)17-24-15-28(38)25(18-27(24)37)29-6-5-7-33(42-29)46-20-23-9-8-21(19-39)14-26(23)36/h5-11,14-16,18,40H,12-13,17,20H2,1-4H3,(H,41,43). The van der Waals surface area contributed by atoms with Crippen molar-refractivity contribution in [2.24, 2.45) is 0 Å². The number of carbonyl (C=O) groups excluding carboxylic acids is 2. The third-order valence-electron chi connectivity index (χ3n) is 6.71. The molecule has 1 heterocycles. The number of hydrogen-bond acceptors (Lipinski definition) is 8. The van der Waals surface area contributed by atoms with E-state index in [1.54, 1.807) is 0 Å². The number of nitriles is 1. The molecule has 0 radical (unpaired) electrons. The van der Waals surface area contributed by atoms with Crippen LogP contribution in [0, 0.1) is 28.8 Å². The summed E-state index contributed by atoms with van der Waals surface area (Å²) in [6.07, 6.45) is -0.485. The highest BCUT2D eigenvalue weighted by molar-refractivity contribution is 5.98. The van der Waals surface area contributed by atoms with Crippen molar-refractivity contribution in [2.45, 2.75) is 39.4 Å². The molecule has 0 saturated heterocycles. The first-order chi connectivity index (χ1) is 22.4. The van der Waals surface area contributed by atoms with Crippen molar-refractivity contribution in [3.63, 3.8) is 0 Å². The van der Waals surface area contributed by atoms with Gasteiger partial charge in [0.1, 0.15) is 24.1 Å². The zero-order valence-electron chi connectivity index (χ0n) is 26.2. The van der Waals surface area contributed by atoms with Crippen LogP contribution in [0.25, 0.3) is 11.3 Å². The molecule has 3 aromatic carbocycles. The van der Waals surface area contributed by atoms with Crippen molar-refractivity contribution in [3.05, 3.63) is 106 Å². The Kier molecular flexibility index (Phi) is 11.2. The molecule has 1 amide bonds. The van der Waals surface area contributed by atoms with Crippen LogP contribution >= 0.6 is 0 Å². The molecule has 0 aliphatic rings. The lowest BCUT2D eigenvalue weighted by Gasteiger charge is -2.20. The molecule has 1 aromatic heterocycles. The number of ether oxygens (including phenoxy) is 3. The van der Waals surface area contributed by atoms with Crippen LogP contribution in [-0.4, -0.2) is 42.7 Å². The average Bonchev–Trinajstić information content (AvgIpc) is 3.03. The minimum atomic E-state index is -0.831. The number of halogens is 3. The van der Waals surface area contributed by atoms with Gasteiger partial charge in [0.15, 0.2) is 0 Å². The Balaban J connectivity index is 1.46. The third kappa shape index (κ3) is 9.54. The molecular weight excluding hydrogens is 613 g/mol. The summed E-state index contributed by atoms with van der Waals surface area (Å²) in [4.78, 5) is 29.3. The molecule has 9 nitrogen and oxygen atoms in total. The van der Waals surface area contributed by atoms with Crippen LogP contribution in [-0.2, 0) is 27.3 Å². The number of methoxy groups -OCH3 is 1. The van der Waals surface area contributed by atoms with E-state index in [9.17, 15) is 14.0 Å². The summed E-state index contributed by atoms with van der Waals surface area (Å²) in [5.41, 5.74) is 0.683. The smallest absolute Gasteiger partial charge is 0.337 e. The van der Waals surface area contributed by atoms with Crippen LogP contribution in [0.5, 0.6) is 5.88 Å². The van der Waals surface area contributed by atoms with Gasteiger partial charge < -0.3 is 24.8 Å². The summed E-state index contributed by atoms with van der Waals surface area (Å²) >= 11 is 0. The van der Waals surface area contributed by atoms with Gasteiger partial charge >= 0.3 is 5.97 Å². The minimum Gasteiger partial charge on any atom is -0.473 e. The Morgan fingerprint density at radius 1 is 0.915 bits per heavy atom. The molecular formula is C35H33F3N4O5. The maximum atomic E-state index is 15.3. The summed E-state index contributed by atoms with van der Waals surface area (Å²) in [7, 11) is 1.25. The van der Waals surface area contributed by atoms with Crippen LogP contribution in [0.1, 0.15) is 47.8 Å². The van der Waals surface area contributed by atoms with Gasteiger partial charge in [-0.15, -0.1) is 0 Å². The van der Waals surface area contributed by atoms with Crippen molar-refractivity contribution < 1.29 is 37.0 Å². The first kappa shape index (κ1) is 34.5. The molecule has 0 atom stereocenters. The molecule has 0 saturated carbocycles. The number of nitrogens with one attached hydrogen (secondary N) is 2. The molecule has 244 valence electrons. The Morgan fingerprint density at radius 3 is 2.38 bits per heavy atom. The van der Waals surface area contributed by atoms with E-state index >= 15 is 8.78 Å². The van der Waals surface area contributed by atoms with Crippen LogP contribution < -0.4 is 15.4 Å². The number of anilines is 2. The molecule has 0 fully saturated rings. The zero-order valence-corrected chi connectivity index (χ0v) is 26.2. The molecule has 0 aliphatic heterocycles. The number of nitrogens with zero attached hydrogens (tertiary/aromatic N) is 2. The highest BCUT2D eigenvalue weighted by atomic mass is 19.1. The van der Waals surface area contributed by atoms with E-state index in [0.717, 1.165) is 18.2 Å². The third-order valence-corrected chi connectivity index (χ3v) is 6.71. The lowest BCUT2D eigenvalue weighted by Crippen LogP contribution is -2.23. The second-order valence-electron chi connectivity index (χ2n) is 11.4. The van der Waals surface area contributed by atoms with E-state index in [1.165, 1.54) is 55.6 Å². The quantitative estimate of drug-likeness (QED) is 0.127. The molecule has 12 heteroatoms. The predicted octanol–water partition coefficient (Wildman–Crippen LogP) is 6.81. The molecule has 0 bridgehead atoms. The Labute approximate surface area is 270 Å². The van der Waals surface area contributed by atoms with Gasteiger partial charge in [0.05, 0.1) is 60.0 Å². The molecule has 0 spiro atoms. The van der Waals surface area contributed by atoms with E-state index in [4.69, 9.17) is 19.5 Å². The summed E-state index contributed by atoms with van der Waals surface area (Å²) in [6.45, 7) is 6.24. The number of benzene rings is 3. The molecule has 4 aromatic rings. The first-order valence-electron chi connectivity index (χ1n) is 14.5. The Bertz CT molecular complexity index is 1820. The Morgan fingerprint density at radius 2 is 1.68 bits per heavy atom. The number of amides is 1. The maximum Gasteiger partial charge on any atom is 0.337 e. The second-order valence-corrected chi connectivity index (χ2v) is 11.4. The molecule has 2 N–H and O–H groups in total. The topological polar surface area (TPSA) is 123 Å². The summed E-state index contributed by atoms with van der Waals surface area (Å²) in [5, 5.41) is 14.7. The minimum absolute atomic E-state index is 0.0436. The summed E-state index contributed by atoms with van der Waals surface area (Å²) in [5.74, 6) is -3.42. The van der Waals surface area contributed by atoms with Gasteiger partial charge in [-0.3, -0.25) is 4.79 Å². The van der Waals surface area contributed by atoms with Gasteiger partial charge in [0.2, 0.25) is 11.8 Å². The fraction of sp³-hybridized carbons (Fsp3) is 0.257. The van der Waals surface area contributed by atoms with E-state index in [2.05, 4.69) is 15.6 Å². The number of rotatable bonds is 12. The fourth-order valence-corrected chi connectivity index (χ4v) is 4.41. The van der Waals surface area contributed by atoms with Crippen molar-refractivity contribution in [3.8, 4) is 23.2 Å². The van der Waals surface area contributed by atoms with Gasteiger partial charge in [-0.25, -0.2) is 22.9 Å². The van der Waals surface area contributed by atoms with E-state index in [0.29, 0.717) is 24.5 Å². The maximum absolute atomic E-state index is 15.3. The lowest BCUT2D eigenvalue weighted by molar-refractivity contribution is -0.115. The van der Waals surface area contributed by atoms with Gasteiger partial charge in [-0.1, -0.05) is 12.1 Å². The first-order valence-corrected chi connectivity index (χ1v) is 14.5. The van der Waals surface area contributed by atoms with Gasteiger partial charge in [0, 0.05) is 29.3 Å². The SMILES string of the molecule is COC(=O)c1ccc(NC(=O)Cc2cc(F)c(-c3cccc(OCc4ccc(C#N)cc4F)n3)cc2F)c(NCCOC(C)(C)C)c1. The zero-order chi connectivity index (χ0) is 34.1. The van der Waals surface area contributed by atoms with Gasteiger partial charge in [0.25, 0.3) is 0 Å². The molecule has 47 heavy (non-hydrogen) atoms. The number of esters is 1. The van der Waals surface area contributed by atoms with E-state index < -0.39 is 35.7 Å². The van der Waals surface area contributed by atoms with Crippen LogP contribution in [0.15, 0.2) is 66.7 Å². The van der Waals surface area contributed by atoms with Crippen molar-refractivity contribution in [1.29, 1.82) is 5.26 Å². The van der Waals surface area contributed by atoms with Crippen molar-refractivity contribution >= 4 is 23.3 Å². The summed E-state index contributed by atoms with van der Waals surface area (Å²) < 4.78 is 60.7. The predicted molar refractivity (Wildman–Crippen MR) is 169 cm³/mol. The highest BCUT2D eigenvalue weighted by Gasteiger charge is 2.18. The van der Waals surface area contributed by atoms with Crippen molar-refractivity contribution in [2.75, 3.05) is 30.9 Å². The second kappa shape index (κ2) is 15.2. The number of aromatic nitrogens is 1. The number of hydrogen-bond donors (Lipinski definition) is 2. The van der Waals surface area contributed by atoms with Crippen LogP contribution in [0.2, 0.25) is 0 Å². The highest BCUT2D eigenvalue weighted by Crippen LogP contribution is 2.28. The molecule has 0 unspecified atom stereocenters.